The molecule has 1 unspecified atom stereocenters. The van der Waals surface area contributed by atoms with Crippen molar-refractivity contribution < 1.29 is 0 Å². The van der Waals surface area contributed by atoms with Crippen molar-refractivity contribution in [1.29, 1.82) is 5.26 Å². The lowest BCUT2D eigenvalue weighted by Gasteiger charge is -2.27. The van der Waals surface area contributed by atoms with Gasteiger partial charge in [-0.1, -0.05) is 20.8 Å². The number of nitrogens with zero attached hydrogens (tertiary/aromatic N) is 2. The van der Waals surface area contributed by atoms with Gasteiger partial charge in [-0.25, -0.2) is 0 Å². The molecule has 0 aliphatic carbocycles. The second-order valence-corrected chi connectivity index (χ2v) is 5.96. The highest BCUT2D eigenvalue weighted by atomic mass is 15.2. The molecule has 1 fully saturated rings. The minimum Gasteiger partial charge on any atom is -0.313 e. The minimum atomic E-state index is -0.605. The molecule has 1 aliphatic rings. The fraction of sp³-hybridized carbons (Fsp3) is 0.933. The van der Waals surface area contributed by atoms with Crippen LogP contribution in [0.2, 0.25) is 0 Å². The molecule has 2 N–H and O–H groups in total. The molecule has 0 aromatic carbocycles. The quantitative estimate of drug-likeness (QED) is 0.757. The van der Waals surface area contributed by atoms with Crippen molar-refractivity contribution in [3.8, 4) is 6.07 Å². The van der Waals surface area contributed by atoms with Crippen molar-refractivity contribution in [3.63, 3.8) is 0 Å². The van der Waals surface area contributed by atoms with Gasteiger partial charge >= 0.3 is 0 Å². The van der Waals surface area contributed by atoms with Gasteiger partial charge in [-0.2, -0.15) is 5.26 Å². The second-order valence-electron chi connectivity index (χ2n) is 5.96. The Balaban J connectivity index is 2.33. The van der Waals surface area contributed by atoms with Crippen LogP contribution in [0.4, 0.5) is 0 Å². The standard InChI is InChI=1S/C15H29N3/c1-4-14(5-2)9-11-18(13-14)10-7-8-15(17,6-3)12-16/h4-11,13,17H2,1-3H3. The normalized spacial score (nSPS) is 22.6. The van der Waals surface area contributed by atoms with Crippen LogP contribution >= 0.6 is 0 Å². The second kappa shape index (κ2) is 6.54. The van der Waals surface area contributed by atoms with Crippen molar-refractivity contribution in [1.82, 2.24) is 4.90 Å². The molecule has 18 heavy (non-hydrogen) atoms. The third kappa shape index (κ3) is 3.70. The largest absolute Gasteiger partial charge is 0.313 e. The number of likely N-dealkylation sites (tertiary alicyclic amines) is 1. The zero-order chi connectivity index (χ0) is 13.6. The van der Waals surface area contributed by atoms with E-state index in [1.807, 2.05) is 6.92 Å². The van der Waals surface area contributed by atoms with Gasteiger partial charge in [0, 0.05) is 6.54 Å². The Labute approximate surface area is 112 Å². The predicted octanol–water partition coefficient (Wildman–Crippen LogP) is 2.91. The maximum atomic E-state index is 9.05. The van der Waals surface area contributed by atoms with E-state index in [0.717, 1.165) is 25.8 Å². The van der Waals surface area contributed by atoms with E-state index in [4.69, 9.17) is 11.0 Å². The van der Waals surface area contributed by atoms with Crippen LogP contribution in [0, 0.1) is 16.7 Å². The van der Waals surface area contributed by atoms with Crippen LogP contribution in [-0.4, -0.2) is 30.1 Å². The number of rotatable bonds is 7. The van der Waals surface area contributed by atoms with Gasteiger partial charge in [0.15, 0.2) is 0 Å². The van der Waals surface area contributed by atoms with Crippen LogP contribution in [0.15, 0.2) is 0 Å². The average molecular weight is 251 g/mol. The van der Waals surface area contributed by atoms with E-state index < -0.39 is 5.54 Å². The molecule has 0 radical (unpaired) electrons. The van der Waals surface area contributed by atoms with Gasteiger partial charge in [0.2, 0.25) is 0 Å². The summed E-state index contributed by atoms with van der Waals surface area (Å²) >= 11 is 0. The highest BCUT2D eigenvalue weighted by Gasteiger charge is 2.34. The van der Waals surface area contributed by atoms with Crippen LogP contribution < -0.4 is 5.73 Å². The number of nitriles is 1. The fourth-order valence-corrected chi connectivity index (χ4v) is 2.98. The van der Waals surface area contributed by atoms with Crippen LogP contribution in [0.3, 0.4) is 0 Å². The maximum absolute atomic E-state index is 9.05. The molecular formula is C15H29N3. The number of hydrogen-bond donors (Lipinski definition) is 1. The van der Waals surface area contributed by atoms with Gasteiger partial charge in [0.25, 0.3) is 0 Å². The summed E-state index contributed by atoms with van der Waals surface area (Å²) in [6.45, 7) is 10.2. The molecule has 0 amide bonds. The molecule has 0 aromatic rings. The van der Waals surface area contributed by atoms with E-state index in [9.17, 15) is 0 Å². The Morgan fingerprint density at radius 1 is 1.33 bits per heavy atom. The zero-order valence-corrected chi connectivity index (χ0v) is 12.3. The average Bonchev–Trinajstić information content (AvgIpc) is 2.83. The lowest BCUT2D eigenvalue weighted by molar-refractivity contribution is 0.235. The molecular weight excluding hydrogens is 222 g/mol. The first-order valence-electron chi connectivity index (χ1n) is 7.45. The molecule has 1 atom stereocenters. The third-order valence-corrected chi connectivity index (χ3v) is 4.97. The van der Waals surface area contributed by atoms with Crippen molar-refractivity contribution >= 4 is 0 Å². The molecule has 0 saturated carbocycles. The van der Waals surface area contributed by atoms with E-state index in [-0.39, 0.29) is 0 Å². The molecule has 0 bridgehead atoms. The molecule has 3 heteroatoms. The van der Waals surface area contributed by atoms with Crippen LogP contribution in [0.25, 0.3) is 0 Å². The lowest BCUT2D eigenvalue weighted by atomic mass is 9.82. The summed E-state index contributed by atoms with van der Waals surface area (Å²) in [7, 11) is 0. The Bertz CT molecular complexity index is 291. The van der Waals surface area contributed by atoms with Gasteiger partial charge < -0.3 is 10.6 Å². The monoisotopic (exact) mass is 251 g/mol. The summed E-state index contributed by atoms with van der Waals surface area (Å²) in [6.07, 6.45) is 6.52. The van der Waals surface area contributed by atoms with E-state index in [0.29, 0.717) is 5.41 Å². The molecule has 3 nitrogen and oxygen atoms in total. The van der Waals surface area contributed by atoms with Crippen molar-refractivity contribution in [2.24, 2.45) is 11.1 Å². The predicted molar refractivity (Wildman–Crippen MR) is 76.1 cm³/mol. The molecule has 0 spiro atoms. The molecule has 0 aromatic heterocycles. The first-order valence-corrected chi connectivity index (χ1v) is 7.45. The summed E-state index contributed by atoms with van der Waals surface area (Å²) < 4.78 is 0. The van der Waals surface area contributed by atoms with E-state index in [2.05, 4.69) is 24.8 Å². The van der Waals surface area contributed by atoms with Crippen LogP contribution in [0.1, 0.15) is 59.3 Å². The number of nitrogens with two attached hydrogens (primary N) is 1. The van der Waals surface area contributed by atoms with Crippen molar-refractivity contribution in [2.75, 3.05) is 19.6 Å². The van der Waals surface area contributed by atoms with Crippen LogP contribution in [-0.2, 0) is 0 Å². The number of hydrogen-bond acceptors (Lipinski definition) is 3. The Hall–Kier alpha value is -0.590. The Kier molecular flexibility index (Phi) is 5.62. The smallest absolute Gasteiger partial charge is 0.104 e. The summed E-state index contributed by atoms with van der Waals surface area (Å²) in [5.74, 6) is 0. The van der Waals surface area contributed by atoms with Crippen LogP contribution in [0.5, 0.6) is 0 Å². The van der Waals surface area contributed by atoms with Gasteiger partial charge in [-0.3, -0.25) is 0 Å². The van der Waals surface area contributed by atoms with E-state index in [1.54, 1.807) is 0 Å². The highest BCUT2D eigenvalue weighted by molar-refractivity contribution is 5.03. The van der Waals surface area contributed by atoms with Gasteiger partial charge in [0.1, 0.15) is 5.54 Å². The molecule has 1 rings (SSSR count). The van der Waals surface area contributed by atoms with E-state index in [1.165, 1.54) is 32.4 Å². The fourth-order valence-electron chi connectivity index (χ4n) is 2.98. The zero-order valence-electron chi connectivity index (χ0n) is 12.3. The lowest BCUT2D eigenvalue weighted by Crippen LogP contribution is -2.38. The summed E-state index contributed by atoms with van der Waals surface area (Å²) in [5.41, 5.74) is 5.96. The topological polar surface area (TPSA) is 53.1 Å². The van der Waals surface area contributed by atoms with Crippen molar-refractivity contribution in [2.45, 2.75) is 64.8 Å². The van der Waals surface area contributed by atoms with Gasteiger partial charge in [0.05, 0.1) is 6.07 Å². The van der Waals surface area contributed by atoms with Crippen molar-refractivity contribution in [3.05, 3.63) is 0 Å². The summed E-state index contributed by atoms with van der Waals surface area (Å²) in [4.78, 5) is 2.56. The highest BCUT2D eigenvalue weighted by Crippen LogP contribution is 2.36. The first kappa shape index (κ1) is 15.5. The minimum absolute atomic E-state index is 0.555. The molecule has 104 valence electrons. The molecule has 1 heterocycles. The molecule has 1 aliphatic heterocycles. The third-order valence-electron chi connectivity index (χ3n) is 4.97. The maximum Gasteiger partial charge on any atom is 0.104 e. The molecule has 1 saturated heterocycles. The Morgan fingerprint density at radius 3 is 2.44 bits per heavy atom. The summed E-state index contributed by atoms with van der Waals surface area (Å²) in [5, 5.41) is 9.05. The van der Waals surface area contributed by atoms with Gasteiger partial charge in [-0.15, -0.1) is 0 Å². The summed E-state index contributed by atoms with van der Waals surface area (Å²) in [6, 6.07) is 2.25. The Morgan fingerprint density at radius 2 is 2.00 bits per heavy atom. The SMILES string of the molecule is CCC(N)(C#N)CCCN1CCC(CC)(CC)C1. The van der Waals surface area contributed by atoms with Gasteiger partial charge in [-0.05, 0) is 57.0 Å². The van der Waals surface area contributed by atoms with E-state index >= 15 is 0 Å². The first-order chi connectivity index (χ1) is 8.53.